The summed E-state index contributed by atoms with van der Waals surface area (Å²) in [4.78, 5) is 0. The molecule has 1 aromatic rings. The summed E-state index contributed by atoms with van der Waals surface area (Å²) in [6, 6.07) is 5.57. The van der Waals surface area contributed by atoms with Gasteiger partial charge in [-0.1, -0.05) is 18.1 Å². The molecule has 0 radical (unpaired) electrons. The summed E-state index contributed by atoms with van der Waals surface area (Å²) in [5.41, 5.74) is 0.924. The van der Waals surface area contributed by atoms with Crippen LogP contribution < -0.4 is 9.47 Å². The topological polar surface area (TPSA) is 27.7 Å². The monoisotopic (exact) mass is 232 g/mol. The van der Waals surface area contributed by atoms with Crippen molar-refractivity contribution in [1.29, 1.82) is 0 Å². The zero-order chi connectivity index (χ0) is 12.7. The molecule has 1 rings (SSSR count). The lowest BCUT2D eigenvalue weighted by atomic mass is 10.1. The van der Waals surface area contributed by atoms with E-state index in [0.29, 0.717) is 11.5 Å². The molecule has 0 heterocycles. The first-order valence-electron chi connectivity index (χ1n) is 5.16. The molecule has 0 saturated heterocycles. The zero-order valence-corrected chi connectivity index (χ0v) is 10.1. The van der Waals surface area contributed by atoms with Crippen LogP contribution in [0.3, 0.4) is 0 Å². The molecule has 0 aromatic heterocycles. The third kappa shape index (κ3) is 3.27. The van der Waals surface area contributed by atoms with Gasteiger partial charge < -0.3 is 14.2 Å². The minimum absolute atomic E-state index is 0.241. The number of rotatable bonds is 6. The van der Waals surface area contributed by atoms with Gasteiger partial charge in [-0.25, -0.2) is 0 Å². The van der Waals surface area contributed by atoms with Crippen LogP contribution in [-0.2, 0) is 4.74 Å². The Hall–Kier alpha value is -1.92. The third-order valence-electron chi connectivity index (χ3n) is 2.30. The minimum Gasteiger partial charge on any atom is -0.493 e. The number of benzene rings is 1. The van der Waals surface area contributed by atoms with Gasteiger partial charge in [-0.15, -0.1) is 13.0 Å². The van der Waals surface area contributed by atoms with Crippen molar-refractivity contribution in [2.75, 3.05) is 20.8 Å². The van der Waals surface area contributed by atoms with Crippen LogP contribution in [0.15, 0.2) is 30.9 Å². The van der Waals surface area contributed by atoms with Gasteiger partial charge in [-0.2, -0.15) is 0 Å². The van der Waals surface area contributed by atoms with Gasteiger partial charge >= 0.3 is 0 Å². The second kappa shape index (κ2) is 6.62. The maximum absolute atomic E-state index is 5.45. The quantitative estimate of drug-likeness (QED) is 0.557. The van der Waals surface area contributed by atoms with E-state index < -0.39 is 0 Å². The van der Waals surface area contributed by atoms with Gasteiger partial charge in [-0.05, 0) is 17.7 Å². The molecule has 90 valence electrons. The highest BCUT2D eigenvalue weighted by Gasteiger charge is 2.11. The highest BCUT2D eigenvalue weighted by molar-refractivity contribution is 5.44. The molecule has 0 aliphatic heterocycles. The van der Waals surface area contributed by atoms with Crippen LogP contribution >= 0.6 is 0 Å². The summed E-state index contributed by atoms with van der Waals surface area (Å²) < 4.78 is 15.8. The van der Waals surface area contributed by atoms with Gasteiger partial charge in [0.25, 0.3) is 0 Å². The Morgan fingerprint density at radius 2 is 2.06 bits per heavy atom. The summed E-state index contributed by atoms with van der Waals surface area (Å²) in [5, 5.41) is 0. The predicted molar refractivity (Wildman–Crippen MR) is 67.3 cm³/mol. The van der Waals surface area contributed by atoms with Crippen LogP contribution in [-0.4, -0.2) is 20.8 Å². The zero-order valence-electron chi connectivity index (χ0n) is 10.1. The van der Waals surface area contributed by atoms with E-state index >= 15 is 0 Å². The van der Waals surface area contributed by atoms with E-state index in [9.17, 15) is 0 Å². The lowest BCUT2D eigenvalue weighted by Crippen LogP contribution is -2.02. The second-order valence-corrected chi connectivity index (χ2v) is 3.29. The average Bonchev–Trinajstić information content (AvgIpc) is 2.39. The van der Waals surface area contributed by atoms with Crippen LogP contribution in [0.2, 0.25) is 0 Å². The molecule has 1 aromatic carbocycles. The molecule has 0 amide bonds. The highest BCUT2D eigenvalue weighted by Crippen LogP contribution is 2.31. The first-order valence-corrected chi connectivity index (χ1v) is 5.16. The van der Waals surface area contributed by atoms with Gasteiger partial charge in [0.15, 0.2) is 11.5 Å². The molecule has 0 N–H and O–H groups in total. The van der Waals surface area contributed by atoms with Crippen molar-refractivity contribution < 1.29 is 14.2 Å². The SMILES string of the molecule is C#CCO[C@@H](C=C)c1ccc(OC)c(OC)c1. The van der Waals surface area contributed by atoms with E-state index in [4.69, 9.17) is 20.6 Å². The fourth-order valence-corrected chi connectivity index (χ4v) is 1.47. The summed E-state index contributed by atoms with van der Waals surface area (Å²) in [6.45, 7) is 3.96. The normalized spacial score (nSPS) is 11.4. The minimum atomic E-state index is -0.245. The van der Waals surface area contributed by atoms with Crippen LogP contribution in [0.5, 0.6) is 11.5 Å². The van der Waals surface area contributed by atoms with Gasteiger partial charge in [0.05, 0.1) is 14.2 Å². The summed E-state index contributed by atoms with van der Waals surface area (Å²) in [7, 11) is 3.18. The van der Waals surface area contributed by atoms with E-state index in [1.165, 1.54) is 0 Å². The van der Waals surface area contributed by atoms with Gasteiger partial charge in [0.2, 0.25) is 0 Å². The lowest BCUT2D eigenvalue weighted by Gasteiger charge is -2.15. The molecular formula is C14H16O3. The van der Waals surface area contributed by atoms with E-state index in [0.717, 1.165) is 5.56 Å². The standard InChI is InChI=1S/C14H16O3/c1-5-9-17-12(6-2)11-7-8-13(15-3)14(10-11)16-4/h1,6-8,10,12H,2,9H2,3-4H3/t12-/m0/s1. The molecule has 3 nitrogen and oxygen atoms in total. The van der Waals surface area contributed by atoms with E-state index in [1.807, 2.05) is 18.2 Å². The largest absolute Gasteiger partial charge is 0.493 e. The molecule has 0 unspecified atom stereocenters. The van der Waals surface area contributed by atoms with Gasteiger partial charge in [0, 0.05) is 0 Å². The van der Waals surface area contributed by atoms with E-state index in [2.05, 4.69) is 12.5 Å². The molecule has 0 saturated carbocycles. The van der Waals surface area contributed by atoms with Crippen molar-refractivity contribution in [3.05, 3.63) is 36.4 Å². The Balaban J connectivity index is 2.97. The van der Waals surface area contributed by atoms with Crippen LogP contribution in [0, 0.1) is 12.3 Å². The fourth-order valence-electron chi connectivity index (χ4n) is 1.47. The Bertz CT molecular complexity index is 418. The smallest absolute Gasteiger partial charge is 0.161 e. The number of hydrogen-bond acceptors (Lipinski definition) is 3. The molecule has 0 fully saturated rings. The molecular weight excluding hydrogens is 216 g/mol. The highest BCUT2D eigenvalue weighted by atomic mass is 16.5. The van der Waals surface area contributed by atoms with Crippen LogP contribution in [0.1, 0.15) is 11.7 Å². The first-order chi connectivity index (χ1) is 8.26. The fraction of sp³-hybridized carbons (Fsp3) is 0.286. The van der Waals surface area contributed by atoms with E-state index in [1.54, 1.807) is 20.3 Å². The average molecular weight is 232 g/mol. The van der Waals surface area contributed by atoms with Gasteiger partial charge in [-0.3, -0.25) is 0 Å². The summed E-state index contributed by atoms with van der Waals surface area (Å²) in [5.74, 6) is 3.76. The Morgan fingerprint density at radius 3 is 2.59 bits per heavy atom. The van der Waals surface area contributed by atoms with Crippen molar-refractivity contribution in [2.45, 2.75) is 6.10 Å². The number of ether oxygens (including phenoxy) is 3. The lowest BCUT2D eigenvalue weighted by molar-refractivity contribution is 0.114. The van der Waals surface area contributed by atoms with Crippen molar-refractivity contribution in [2.24, 2.45) is 0 Å². The molecule has 3 heteroatoms. The van der Waals surface area contributed by atoms with Crippen molar-refractivity contribution in [3.8, 4) is 23.8 Å². The summed E-state index contributed by atoms with van der Waals surface area (Å²) >= 11 is 0. The van der Waals surface area contributed by atoms with Crippen LogP contribution in [0.4, 0.5) is 0 Å². The van der Waals surface area contributed by atoms with Gasteiger partial charge in [0.1, 0.15) is 12.7 Å². The second-order valence-electron chi connectivity index (χ2n) is 3.29. The van der Waals surface area contributed by atoms with Crippen molar-refractivity contribution in [1.82, 2.24) is 0 Å². The van der Waals surface area contributed by atoms with Crippen molar-refractivity contribution in [3.63, 3.8) is 0 Å². The maximum atomic E-state index is 5.45. The predicted octanol–water partition coefficient (Wildman–Crippen LogP) is 2.58. The Labute approximate surface area is 102 Å². The first kappa shape index (κ1) is 13.1. The molecule has 0 aliphatic carbocycles. The molecule has 17 heavy (non-hydrogen) atoms. The number of methoxy groups -OCH3 is 2. The Kier molecular flexibility index (Phi) is 5.12. The van der Waals surface area contributed by atoms with Crippen LogP contribution in [0.25, 0.3) is 0 Å². The number of terminal acetylenes is 1. The molecule has 0 bridgehead atoms. The molecule has 0 spiro atoms. The van der Waals surface area contributed by atoms with E-state index in [-0.39, 0.29) is 12.7 Å². The summed E-state index contributed by atoms with van der Waals surface area (Å²) in [6.07, 6.45) is 6.61. The third-order valence-corrected chi connectivity index (χ3v) is 2.30. The molecule has 1 atom stereocenters. The Morgan fingerprint density at radius 1 is 1.35 bits per heavy atom. The molecule has 0 aliphatic rings. The number of hydrogen-bond donors (Lipinski definition) is 0. The van der Waals surface area contributed by atoms with Crippen molar-refractivity contribution >= 4 is 0 Å². The maximum Gasteiger partial charge on any atom is 0.161 e.